The monoisotopic (exact) mass is 343 g/mol. The van der Waals surface area contributed by atoms with Crippen molar-refractivity contribution in [1.82, 2.24) is 15.2 Å². The van der Waals surface area contributed by atoms with E-state index < -0.39 is 6.10 Å². The molecule has 0 saturated heterocycles. The van der Waals surface area contributed by atoms with Gasteiger partial charge in [-0.1, -0.05) is 43.7 Å². The summed E-state index contributed by atoms with van der Waals surface area (Å²) in [4.78, 5) is 23.4. The van der Waals surface area contributed by atoms with Crippen LogP contribution in [0.4, 0.5) is 4.79 Å². The van der Waals surface area contributed by atoms with Crippen LogP contribution in [0.5, 0.6) is 0 Å². The predicted octanol–water partition coefficient (Wildman–Crippen LogP) is 1.86. The van der Waals surface area contributed by atoms with Crippen molar-refractivity contribution in [1.29, 1.82) is 0 Å². The number of nitrogens with one attached hydrogen (secondary N) is 2. The van der Waals surface area contributed by atoms with Crippen molar-refractivity contribution >= 4 is 6.03 Å². The Labute approximate surface area is 147 Å². The third-order valence-corrected chi connectivity index (χ3v) is 3.85. The lowest BCUT2D eigenvalue weighted by Crippen LogP contribution is -2.39. The molecular formula is C19H25N3O3. The van der Waals surface area contributed by atoms with Crippen LogP contribution in [-0.2, 0) is 13.1 Å². The number of aliphatic hydroxyl groups is 1. The third kappa shape index (κ3) is 6.43. The molecule has 3 N–H and O–H groups in total. The molecular weight excluding hydrogens is 318 g/mol. The van der Waals surface area contributed by atoms with E-state index in [1.165, 1.54) is 6.07 Å². The highest BCUT2D eigenvalue weighted by atomic mass is 16.3. The van der Waals surface area contributed by atoms with Gasteiger partial charge in [-0.2, -0.15) is 0 Å². The fraction of sp³-hybridized carbons (Fsp3) is 0.368. The minimum absolute atomic E-state index is 0.0322. The minimum atomic E-state index is -0.503. The second-order valence-electron chi connectivity index (χ2n) is 5.99. The number of carbonyl (C=O) groups excluding carboxylic acids is 1. The first-order chi connectivity index (χ1) is 12.1. The van der Waals surface area contributed by atoms with E-state index in [2.05, 4.69) is 10.6 Å². The second-order valence-corrected chi connectivity index (χ2v) is 5.99. The lowest BCUT2D eigenvalue weighted by atomic mass is 10.1. The highest BCUT2D eigenvalue weighted by Gasteiger charge is 2.05. The summed E-state index contributed by atoms with van der Waals surface area (Å²) < 4.78 is 1.64. The van der Waals surface area contributed by atoms with E-state index in [9.17, 15) is 14.7 Å². The summed E-state index contributed by atoms with van der Waals surface area (Å²) in [5.74, 6) is 0. The number of benzene rings is 1. The average molecular weight is 343 g/mol. The summed E-state index contributed by atoms with van der Waals surface area (Å²) in [5.41, 5.74) is 1.95. The smallest absolute Gasteiger partial charge is 0.315 e. The Morgan fingerprint density at radius 1 is 1.12 bits per heavy atom. The van der Waals surface area contributed by atoms with Crippen LogP contribution < -0.4 is 16.2 Å². The molecule has 1 unspecified atom stereocenters. The van der Waals surface area contributed by atoms with Crippen molar-refractivity contribution in [3.63, 3.8) is 0 Å². The normalized spacial score (nSPS) is 11.8. The fourth-order valence-corrected chi connectivity index (χ4v) is 2.44. The molecule has 6 heteroatoms. The number of carbonyl (C=O) groups is 1. The first-order valence-electron chi connectivity index (χ1n) is 8.51. The molecule has 0 aliphatic carbocycles. The Morgan fingerprint density at radius 3 is 2.52 bits per heavy atom. The number of urea groups is 1. The van der Waals surface area contributed by atoms with E-state index in [1.807, 2.05) is 37.3 Å². The number of hydrogen-bond acceptors (Lipinski definition) is 3. The Kier molecular flexibility index (Phi) is 7.22. The lowest BCUT2D eigenvalue weighted by Gasteiger charge is -2.12. The van der Waals surface area contributed by atoms with Crippen LogP contribution in [0.25, 0.3) is 0 Å². The topological polar surface area (TPSA) is 83.4 Å². The van der Waals surface area contributed by atoms with Crippen molar-refractivity contribution < 1.29 is 9.90 Å². The zero-order chi connectivity index (χ0) is 18.1. The lowest BCUT2D eigenvalue weighted by molar-refractivity contribution is 0.160. The van der Waals surface area contributed by atoms with Crippen LogP contribution in [0.15, 0.2) is 53.5 Å². The molecule has 2 rings (SSSR count). The number of aliphatic hydroxyl groups excluding tert-OH is 1. The van der Waals surface area contributed by atoms with Crippen LogP contribution in [0.2, 0.25) is 0 Å². The number of hydrogen-bond donors (Lipinski definition) is 3. The van der Waals surface area contributed by atoms with Gasteiger partial charge in [0.25, 0.3) is 5.56 Å². The number of rotatable bonds is 8. The molecule has 0 radical (unpaired) electrons. The van der Waals surface area contributed by atoms with E-state index in [0.717, 1.165) is 17.5 Å². The molecule has 1 heterocycles. The van der Waals surface area contributed by atoms with Crippen LogP contribution in [0.3, 0.4) is 0 Å². The molecule has 0 aliphatic heterocycles. The number of aromatic nitrogens is 1. The summed E-state index contributed by atoms with van der Waals surface area (Å²) in [6, 6.07) is 12.5. The van der Waals surface area contributed by atoms with E-state index in [1.54, 1.807) is 16.8 Å². The third-order valence-electron chi connectivity index (χ3n) is 3.85. The fourth-order valence-electron chi connectivity index (χ4n) is 2.44. The van der Waals surface area contributed by atoms with Crippen LogP contribution in [0.1, 0.15) is 30.9 Å². The molecule has 0 aliphatic rings. The second kappa shape index (κ2) is 9.64. The Hall–Kier alpha value is -2.60. The molecule has 2 aromatic rings. The first-order valence-corrected chi connectivity index (χ1v) is 8.51. The summed E-state index contributed by atoms with van der Waals surface area (Å²) >= 11 is 0. The molecule has 1 atom stereocenters. The van der Waals surface area contributed by atoms with E-state index in [0.29, 0.717) is 19.5 Å². The molecule has 6 nitrogen and oxygen atoms in total. The van der Waals surface area contributed by atoms with Gasteiger partial charge in [-0.05, 0) is 23.6 Å². The summed E-state index contributed by atoms with van der Waals surface area (Å²) in [6.45, 7) is 3.16. The van der Waals surface area contributed by atoms with Gasteiger partial charge in [0.05, 0.1) is 12.6 Å². The molecule has 0 bridgehead atoms. The van der Waals surface area contributed by atoms with Crippen molar-refractivity contribution in [3.8, 4) is 0 Å². The summed E-state index contributed by atoms with van der Waals surface area (Å²) in [7, 11) is 0. The van der Waals surface area contributed by atoms with Gasteiger partial charge in [-0.25, -0.2) is 4.79 Å². The quantitative estimate of drug-likeness (QED) is 0.684. The average Bonchev–Trinajstić information content (AvgIpc) is 2.61. The van der Waals surface area contributed by atoms with E-state index >= 15 is 0 Å². The van der Waals surface area contributed by atoms with Gasteiger partial charge in [0.15, 0.2) is 0 Å². The number of amides is 2. The van der Waals surface area contributed by atoms with Crippen LogP contribution in [-0.4, -0.2) is 28.4 Å². The summed E-state index contributed by atoms with van der Waals surface area (Å²) in [5, 5.41) is 15.0. The molecule has 0 fully saturated rings. The van der Waals surface area contributed by atoms with E-state index in [-0.39, 0.29) is 18.1 Å². The Balaban J connectivity index is 1.79. The SMILES string of the molecule is CCCC(O)CNC(=O)NCc1ccc(Cn2ccccc2=O)cc1. The van der Waals surface area contributed by atoms with Crippen molar-refractivity contribution in [2.45, 2.75) is 39.0 Å². The van der Waals surface area contributed by atoms with Gasteiger partial charge in [-0.3, -0.25) is 4.79 Å². The highest BCUT2D eigenvalue weighted by molar-refractivity contribution is 5.73. The van der Waals surface area contributed by atoms with Gasteiger partial charge in [0.2, 0.25) is 0 Å². The molecule has 1 aromatic carbocycles. The molecule has 1 aromatic heterocycles. The van der Waals surface area contributed by atoms with Gasteiger partial charge in [-0.15, -0.1) is 0 Å². The summed E-state index contributed by atoms with van der Waals surface area (Å²) in [6.07, 6.45) is 2.81. The van der Waals surface area contributed by atoms with Crippen molar-refractivity contribution in [2.75, 3.05) is 6.54 Å². The molecule has 2 amide bonds. The predicted molar refractivity (Wildman–Crippen MR) is 97.4 cm³/mol. The van der Waals surface area contributed by atoms with Crippen LogP contribution in [0, 0.1) is 0 Å². The molecule has 0 saturated carbocycles. The number of pyridine rings is 1. The molecule has 25 heavy (non-hydrogen) atoms. The van der Waals surface area contributed by atoms with Gasteiger partial charge in [0.1, 0.15) is 0 Å². The maximum Gasteiger partial charge on any atom is 0.315 e. The van der Waals surface area contributed by atoms with Crippen molar-refractivity contribution in [2.24, 2.45) is 0 Å². The Bertz CT molecular complexity index is 725. The van der Waals surface area contributed by atoms with Crippen molar-refractivity contribution in [3.05, 3.63) is 70.1 Å². The first kappa shape index (κ1) is 18.7. The van der Waals surface area contributed by atoms with Crippen LogP contribution >= 0.6 is 0 Å². The minimum Gasteiger partial charge on any atom is -0.391 e. The van der Waals surface area contributed by atoms with Gasteiger partial charge in [0, 0.05) is 25.4 Å². The maximum atomic E-state index is 11.7. The largest absolute Gasteiger partial charge is 0.391 e. The zero-order valence-corrected chi connectivity index (χ0v) is 14.4. The maximum absolute atomic E-state index is 11.7. The molecule has 134 valence electrons. The molecule has 0 spiro atoms. The van der Waals surface area contributed by atoms with E-state index in [4.69, 9.17) is 0 Å². The van der Waals surface area contributed by atoms with Gasteiger partial charge < -0.3 is 20.3 Å². The standard InChI is InChI=1S/C19H25N3O3/c1-2-5-17(23)13-21-19(25)20-12-15-7-9-16(10-8-15)14-22-11-4-3-6-18(22)24/h3-4,6-11,17,23H,2,5,12-14H2,1H3,(H2,20,21,25). The highest BCUT2D eigenvalue weighted by Crippen LogP contribution is 2.05. The number of nitrogens with zero attached hydrogens (tertiary/aromatic N) is 1. The zero-order valence-electron chi connectivity index (χ0n) is 14.4. The van der Waals surface area contributed by atoms with Gasteiger partial charge >= 0.3 is 6.03 Å². The Morgan fingerprint density at radius 2 is 1.84 bits per heavy atom.